The van der Waals surface area contributed by atoms with Crippen molar-refractivity contribution in [1.29, 1.82) is 0 Å². The summed E-state index contributed by atoms with van der Waals surface area (Å²) in [7, 11) is 0. The molecule has 0 spiro atoms. The second-order valence-electron chi connectivity index (χ2n) is 2.10. The summed E-state index contributed by atoms with van der Waals surface area (Å²) in [5, 5.41) is 5.52. The summed E-state index contributed by atoms with van der Waals surface area (Å²) >= 11 is 0. The number of likely N-dealkylation sites (N-methyl/N-ethyl adjacent to an activating group) is 1. The summed E-state index contributed by atoms with van der Waals surface area (Å²) in [6.07, 6.45) is -0.229. The number of ether oxygens (including phenoxy) is 1. The van der Waals surface area contributed by atoms with E-state index in [9.17, 15) is 4.91 Å². The van der Waals surface area contributed by atoms with E-state index < -0.39 is 0 Å². The van der Waals surface area contributed by atoms with Gasteiger partial charge in [-0.25, -0.2) is 5.53 Å². The normalized spacial score (nSPS) is 12.5. The van der Waals surface area contributed by atoms with Crippen LogP contribution in [0.2, 0.25) is 0 Å². The summed E-state index contributed by atoms with van der Waals surface area (Å²) < 4.78 is 5.21. The molecule has 0 aliphatic rings. The molecule has 1 unspecified atom stereocenters. The predicted molar refractivity (Wildman–Crippen MR) is 46.0 cm³/mol. The van der Waals surface area contributed by atoms with Crippen LogP contribution in [0.15, 0.2) is 5.29 Å². The van der Waals surface area contributed by atoms with Crippen LogP contribution in [0.4, 0.5) is 0 Å². The van der Waals surface area contributed by atoms with Crippen molar-refractivity contribution < 1.29 is 4.74 Å². The third-order valence-corrected chi connectivity index (χ3v) is 1.22. The molecule has 0 heterocycles. The molecule has 0 amide bonds. The van der Waals surface area contributed by atoms with E-state index in [1.165, 1.54) is 0 Å². The fraction of sp³-hybridized carbons (Fsp3) is 1.00. The second-order valence-corrected chi connectivity index (χ2v) is 2.10. The highest BCUT2D eigenvalue weighted by Crippen LogP contribution is 1.83. The zero-order chi connectivity index (χ0) is 9.23. The molecule has 1 atom stereocenters. The second kappa shape index (κ2) is 8.38. The summed E-state index contributed by atoms with van der Waals surface area (Å²) in [6, 6.07) is 0. The highest BCUT2D eigenvalue weighted by molar-refractivity contribution is 4.54. The molecule has 0 saturated heterocycles. The minimum absolute atomic E-state index is 0.229. The molecule has 0 rings (SSSR count). The van der Waals surface area contributed by atoms with Crippen LogP contribution in [-0.4, -0.2) is 25.9 Å². The molecule has 3 N–H and O–H groups in total. The predicted octanol–water partition coefficient (Wildman–Crippen LogP) is -0.266. The molecule has 0 radical (unpaired) electrons. The molecule has 0 aromatic heterocycles. The van der Waals surface area contributed by atoms with Gasteiger partial charge >= 0.3 is 0 Å². The van der Waals surface area contributed by atoms with Crippen LogP contribution in [0, 0.1) is 4.91 Å². The molecule has 0 aliphatic heterocycles. The Kier molecular flexibility index (Phi) is 7.87. The summed E-state index contributed by atoms with van der Waals surface area (Å²) in [5.41, 5.74) is 4.69. The number of hydrazine groups is 1. The molecule has 0 aliphatic carbocycles. The highest BCUT2D eigenvalue weighted by atomic mass is 16.5. The first kappa shape index (κ1) is 11.3. The van der Waals surface area contributed by atoms with Gasteiger partial charge in [0.2, 0.25) is 0 Å². The van der Waals surface area contributed by atoms with E-state index in [2.05, 4.69) is 21.6 Å². The number of hydrogen-bond acceptors (Lipinski definition) is 5. The first-order chi connectivity index (χ1) is 5.85. The average Bonchev–Trinajstić information content (AvgIpc) is 2.10. The first-order valence-electron chi connectivity index (χ1n) is 4.00. The number of rotatable bonds is 8. The number of hydrogen-bond donors (Lipinski definition) is 3. The number of nitroso groups, excluding NO2 is 1. The number of nitrogens with zero attached hydrogens (tertiary/aromatic N) is 1. The fourth-order valence-electron chi connectivity index (χ4n) is 0.727. The third-order valence-electron chi connectivity index (χ3n) is 1.22. The van der Waals surface area contributed by atoms with E-state index in [-0.39, 0.29) is 6.23 Å². The lowest BCUT2D eigenvalue weighted by molar-refractivity contribution is 0.0283. The molecule has 0 bridgehead atoms. The van der Waals surface area contributed by atoms with Gasteiger partial charge in [-0.3, -0.25) is 0 Å². The van der Waals surface area contributed by atoms with Crippen molar-refractivity contribution in [2.24, 2.45) is 5.29 Å². The van der Waals surface area contributed by atoms with E-state index in [0.29, 0.717) is 13.2 Å². The van der Waals surface area contributed by atoms with Gasteiger partial charge in [-0.05, 0) is 13.5 Å². The molecule has 72 valence electrons. The zero-order valence-corrected chi connectivity index (χ0v) is 7.46. The largest absolute Gasteiger partial charge is 0.361 e. The first-order valence-corrected chi connectivity index (χ1v) is 4.00. The molecular formula is C6H16N4O2. The maximum Gasteiger partial charge on any atom is 0.138 e. The maximum atomic E-state index is 9.69. The van der Waals surface area contributed by atoms with Gasteiger partial charge in [-0.15, -0.1) is 4.91 Å². The Bertz CT molecular complexity index is 112. The van der Waals surface area contributed by atoms with E-state index in [1.54, 1.807) is 0 Å². The van der Waals surface area contributed by atoms with Crippen molar-refractivity contribution in [3.05, 3.63) is 4.91 Å². The molecular weight excluding hydrogens is 160 g/mol. The lowest BCUT2D eigenvalue weighted by Crippen LogP contribution is -2.45. The van der Waals surface area contributed by atoms with Crippen LogP contribution in [0.5, 0.6) is 0 Å². The monoisotopic (exact) mass is 176 g/mol. The van der Waals surface area contributed by atoms with Crippen LogP contribution in [0.1, 0.15) is 13.8 Å². The van der Waals surface area contributed by atoms with Crippen molar-refractivity contribution in [2.75, 3.05) is 19.7 Å². The topological polar surface area (TPSA) is 74.8 Å². The standard InChI is InChI=1S/C6H16N4O2/c1-3-7-5-6(12-4-2)8-9-10-11/h6-7H,3-5H2,1-2H3,(H,8,10)(H,9,11). The fourth-order valence-corrected chi connectivity index (χ4v) is 0.727. The minimum Gasteiger partial charge on any atom is -0.361 e. The molecule has 0 fully saturated rings. The van der Waals surface area contributed by atoms with E-state index in [1.807, 2.05) is 13.8 Å². The Morgan fingerprint density at radius 1 is 1.50 bits per heavy atom. The Hall–Kier alpha value is -0.720. The van der Waals surface area contributed by atoms with Crippen LogP contribution in [-0.2, 0) is 4.74 Å². The van der Waals surface area contributed by atoms with E-state index in [0.717, 1.165) is 6.54 Å². The SMILES string of the molecule is CCNCC(NNN=O)OCC. The average molecular weight is 176 g/mol. The van der Waals surface area contributed by atoms with Crippen LogP contribution in [0.25, 0.3) is 0 Å². The van der Waals surface area contributed by atoms with Gasteiger partial charge in [-0.1, -0.05) is 6.92 Å². The maximum absolute atomic E-state index is 9.69. The van der Waals surface area contributed by atoms with Gasteiger partial charge < -0.3 is 10.1 Å². The van der Waals surface area contributed by atoms with Crippen molar-refractivity contribution in [1.82, 2.24) is 16.3 Å². The van der Waals surface area contributed by atoms with Gasteiger partial charge in [0.1, 0.15) is 6.23 Å². The summed E-state index contributed by atoms with van der Waals surface area (Å²) in [5.74, 6) is 0. The van der Waals surface area contributed by atoms with Gasteiger partial charge in [0.05, 0.1) is 5.29 Å². The lowest BCUT2D eigenvalue weighted by atomic mass is 10.5. The van der Waals surface area contributed by atoms with Gasteiger partial charge in [0.25, 0.3) is 0 Å². The highest BCUT2D eigenvalue weighted by Gasteiger charge is 2.04. The van der Waals surface area contributed by atoms with Crippen molar-refractivity contribution in [3.63, 3.8) is 0 Å². The van der Waals surface area contributed by atoms with Crippen LogP contribution < -0.4 is 16.3 Å². The van der Waals surface area contributed by atoms with Crippen LogP contribution in [0.3, 0.4) is 0 Å². The Morgan fingerprint density at radius 3 is 2.75 bits per heavy atom. The minimum atomic E-state index is -0.229. The van der Waals surface area contributed by atoms with Gasteiger partial charge in [-0.2, -0.15) is 5.43 Å². The Labute approximate surface area is 72.0 Å². The molecule has 0 saturated carbocycles. The lowest BCUT2D eigenvalue weighted by Gasteiger charge is -2.16. The Balaban J connectivity index is 3.46. The van der Waals surface area contributed by atoms with Gasteiger partial charge in [0, 0.05) is 13.2 Å². The molecule has 0 aromatic rings. The van der Waals surface area contributed by atoms with E-state index in [4.69, 9.17) is 4.74 Å². The van der Waals surface area contributed by atoms with Crippen molar-refractivity contribution in [2.45, 2.75) is 20.1 Å². The number of nitrogens with one attached hydrogen (secondary N) is 3. The smallest absolute Gasteiger partial charge is 0.138 e. The summed E-state index contributed by atoms with van der Waals surface area (Å²) in [6.45, 7) is 5.96. The molecule has 0 aromatic carbocycles. The Morgan fingerprint density at radius 2 is 2.25 bits per heavy atom. The van der Waals surface area contributed by atoms with Crippen molar-refractivity contribution in [3.8, 4) is 0 Å². The van der Waals surface area contributed by atoms with Gasteiger partial charge in [0.15, 0.2) is 0 Å². The zero-order valence-electron chi connectivity index (χ0n) is 7.46. The molecule has 6 nitrogen and oxygen atoms in total. The van der Waals surface area contributed by atoms with Crippen molar-refractivity contribution >= 4 is 0 Å². The summed E-state index contributed by atoms with van der Waals surface area (Å²) in [4.78, 5) is 9.69. The third kappa shape index (κ3) is 6.02. The van der Waals surface area contributed by atoms with E-state index >= 15 is 0 Å². The van der Waals surface area contributed by atoms with Crippen LogP contribution >= 0.6 is 0 Å². The quantitative estimate of drug-likeness (QED) is 0.270. The molecule has 6 heteroatoms. The molecule has 12 heavy (non-hydrogen) atoms.